The largest absolute Gasteiger partial charge is 0.357 e. The van der Waals surface area contributed by atoms with Gasteiger partial charge in [-0.3, -0.25) is 4.79 Å². The van der Waals surface area contributed by atoms with E-state index in [4.69, 9.17) is 0 Å². The van der Waals surface area contributed by atoms with Crippen molar-refractivity contribution in [2.24, 2.45) is 0 Å². The van der Waals surface area contributed by atoms with Gasteiger partial charge in [-0.1, -0.05) is 0 Å². The minimum Gasteiger partial charge on any atom is -0.357 e. The zero-order valence-electron chi connectivity index (χ0n) is 13.7. The monoisotopic (exact) mass is 342 g/mol. The number of nitrogens with zero attached hydrogens (tertiary/aromatic N) is 4. The molecule has 0 spiro atoms. The SMILES string of the molecule is O=C(c1ccc(N2CCCC2)nc1)N1CCC[C@H](c2nccs2)C1. The maximum Gasteiger partial charge on any atom is 0.255 e. The molecule has 2 aromatic rings. The van der Waals surface area contributed by atoms with Crippen LogP contribution in [0.1, 0.15) is 47.0 Å². The number of pyridine rings is 1. The Morgan fingerprint density at radius 3 is 2.71 bits per heavy atom. The molecular weight excluding hydrogens is 320 g/mol. The van der Waals surface area contributed by atoms with Crippen molar-refractivity contribution in [1.82, 2.24) is 14.9 Å². The minimum absolute atomic E-state index is 0.0942. The third kappa shape index (κ3) is 3.15. The van der Waals surface area contributed by atoms with Gasteiger partial charge in [0.25, 0.3) is 5.91 Å². The molecule has 0 bridgehead atoms. The highest BCUT2D eigenvalue weighted by molar-refractivity contribution is 7.09. The fraction of sp³-hybridized carbons (Fsp3) is 0.500. The van der Waals surface area contributed by atoms with Crippen LogP contribution in [0.5, 0.6) is 0 Å². The number of rotatable bonds is 3. The number of carbonyl (C=O) groups is 1. The van der Waals surface area contributed by atoms with Crippen LogP contribution >= 0.6 is 11.3 Å². The second kappa shape index (κ2) is 6.89. The van der Waals surface area contributed by atoms with E-state index in [-0.39, 0.29) is 5.91 Å². The Morgan fingerprint density at radius 1 is 1.12 bits per heavy atom. The van der Waals surface area contributed by atoms with Gasteiger partial charge in [0.2, 0.25) is 0 Å². The molecule has 1 atom stereocenters. The standard InChI is InChI=1S/C18H22N4OS/c23-18(14-5-6-16(20-12-14)21-8-1-2-9-21)22-10-3-4-15(13-22)17-19-7-11-24-17/h5-7,11-12,15H,1-4,8-10,13H2/t15-/m0/s1. The van der Waals surface area contributed by atoms with Gasteiger partial charge in [0.15, 0.2) is 0 Å². The van der Waals surface area contributed by atoms with Crippen molar-refractivity contribution in [1.29, 1.82) is 0 Å². The van der Waals surface area contributed by atoms with E-state index in [1.54, 1.807) is 17.5 Å². The smallest absolute Gasteiger partial charge is 0.255 e. The summed E-state index contributed by atoms with van der Waals surface area (Å²) in [6, 6.07) is 3.91. The Bertz CT molecular complexity index is 680. The van der Waals surface area contributed by atoms with E-state index in [1.165, 1.54) is 12.8 Å². The van der Waals surface area contributed by atoms with Gasteiger partial charge in [0, 0.05) is 49.9 Å². The van der Waals surface area contributed by atoms with Gasteiger partial charge in [-0.15, -0.1) is 11.3 Å². The quantitative estimate of drug-likeness (QED) is 0.860. The predicted octanol–water partition coefficient (Wildman–Crippen LogP) is 3.16. The lowest BCUT2D eigenvalue weighted by Crippen LogP contribution is -2.39. The van der Waals surface area contributed by atoms with Crippen molar-refractivity contribution < 1.29 is 4.79 Å². The first-order valence-corrected chi connectivity index (χ1v) is 9.59. The zero-order valence-corrected chi connectivity index (χ0v) is 14.5. The summed E-state index contributed by atoms with van der Waals surface area (Å²) in [5, 5.41) is 3.16. The molecule has 1 amide bonds. The molecule has 6 heteroatoms. The molecule has 0 aromatic carbocycles. The third-order valence-electron chi connectivity index (χ3n) is 4.93. The van der Waals surface area contributed by atoms with Gasteiger partial charge in [-0.2, -0.15) is 0 Å². The summed E-state index contributed by atoms with van der Waals surface area (Å²) in [4.78, 5) is 26.0. The lowest BCUT2D eigenvalue weighted by molar-refractivity contribution is 0.0706. The van der Waals surface area contributed by atoms with E-state index in [0.29, 0.717) is 11.5 Å². The van der Waals surface area contributed by atoms with Crippen molar-refractivity contribution in [2.45, 2.75) is 31.6 Å². The number of thiazole rings is 1. The van der Waals surface area contributed by atoms with Gasteiger partial charge in [-0.05, 0) is 37.8 Å². The number of likely N-dealkylation sites (tertiary alicyclic amines) is 1. The maximum absolute atomic E-state index is 12.8. The van der Waals surface area contributed by atoms with Crippen LogP contribution in [-0.2, 0) is 0 Å². The molecule has 4 heterocycles. The summed E-state index contributed by atoms with van der Waals surface area (Å²) < 4.78 is 0. The molecule has 2 aliphatic heterocycles. The summed E-state index contributed by atoms with van der Waals surface area (Å²) in [6.07, 6.45) is 8.20. The Morgan fingerprint density at radius 2 is 2.00 bits per heavy atom. The molecule has 0 aliphatic carbocycles. The lowest BCUT2D eigenvalue weighted by atomic mass is 9.98. The summed E-state index contributed by atoms with van der Waals surface area (Å²) >= 11 is 1.69. The van der Waals surface area contributed by atoms with E-state index >= 15 is 0 Å². The first kappa shape index (κ1) is 15.6. The molecule has 0 radical (unpaired) electrons. The third-order valence-corrected chi connectivity index (χ3v) is 5.87. The van der Waals surface area contributed by atoms with Gasteiger partial charge < -0.3 is 9.80 Å². The molecule has 126 valence electrons. The van der Waals surface area contributed by atoms with E-state index < -0.39 is 0 Å². The normalized spacial score (nSPS) is 21.2. The van der Waals surface area contributed by atoms with Crippen LogP contribution in [0, 0.1) is 0 Å². The van der Waals surface area contributed by atoms with Crippen LogP contribution in [0.2, 0.25) is 0 Å². The molecule has 2 aliphatic rings. The fourth-order valence-electron chi connectivity index (χ4n) is 3.63. The van der Waals surface area contributed by atoms with Crippen molar-refractivity contribution in [3.63, 3.8) is 0 Å². The van der Waals surface area contributed by atoms with E-state index in [1.807, 2.05) is 28.6 Å². The average molecular weight is 342 g/mol. The molecule has 2 saturated heterocycles. The molecule has 2 aromatic heterocycles. The molecule has 5 nitrogen and oxygen atoms in total. The van der Waals surface area contributed by atoms with Crippen molar-refractivity contribution in [3.05, 3.63) is 40.5 Å². The predicted molar refractivity (Wildman–Crippen MR) is 95.7 cm³/mol. The average Bonchev–Trinajstić information content (AvgIpc) is 3.35. The second-order valence-corrected chi connectivity index (χ2v) is 7.49. The Hall–Kier alpha value is -1.95. The molecule has 24 heavy (non-hydrogen) atoms. The van der Waals surface area contributed by atoms with Gasteiger partial charge in [-0.25, -0.2) is 9.97 Å². The van der Waals surface area contributed by atoms with Gasteiger partial charge >= 0.3 is 0 Å². The molecule has 4 rings (SSSR count). The topological polar surface area (TPSA) is 49.3 Å². The first-order chi connectivity index (χ1) is 11.8. The summed E-state index contributed by atoms with van der Waals surface area (Å²) in [5.41, 5.74) is 0.692. The van der Waals surface area contributed by atoms with Crippen LogP contribution in [0.15, 0.2) is 29.9 Å². The molecule has 2 fully saturated rings. The van der Waals surface area contributed by atoms with E-state index in [2.05, 4.69) is 14.9 Å². The van der Waals surface area contributed by atoms with Crippen LogP contribution < -0.4 is 4.90 Å². The van der Waals surface area contributed by atoms with Crippen LogP contribution in [-0.4, -0.2) is 47.0 Å². The van der Waals surface area contributed by atoms with Crippen LogP contribution in [0.3, 0.4) is 0 Å². The van der Waals surface area contributed by atoms with Crippen molar-refractivity contribution >= 4 is 23.1 Å². The van der Waals surface area contributed by atoms with E-state index in [9.17, 15) is 4.79 Å². The van der Waals surface area contributed by atoms with E-state index in [0.717, 1.165) is 49.8 Å². The number of amides is 1. The highest BCUT2D eigenvalue weighted by Gasteiger charge is 2.27. The van der Waals surface area contributed by atoms with Crippen LogP contribution in [0.4, 0.5) is 5.82 Å². The molecule has 0 saturated carbocycles. The first-order valence-electron chi connectivity index (χ1n) is 8.71. The summed E-state index contributed by atoms with van der Waals surface area (Å²) in [6.45, 7) is 3.73. The number of piperidine rings is 1. The molecular formula is C18H22N4OS. The molecule has 0 N–H and O–H groups in total. The summed E-state index contributed by atoms with van der Waals surface area (Å²) in [5.74, 6) is 1.46. The Balaban J connectivity index is 1.44. The highest BCUT2D eigenvalue weighted by Crippen LogP contribution is 2.29. The fourth-order valence-corrected chi connectivity index (χ4v) is 4.40. The Kier molecular flexibility index (Phi) is 4.47. The lowest BCUT2D eigenvalue weighted by Gasteiger charge is -2.32. The number of carbonyl (C=O) groups excluding carboxylic acids is 1. The molecule has 0 unspecified atom stereocenters. The number of aromatic nitrogens is 2. The van der Waals surface area contributed by atoms with Crippen molar-refractivity contribution in [3.8, 4) is 0 Å². The zero-order chi connectivity index (χ0) is 16.4. The maximum atomic E-state index is 12.8. The van der Waals surface area contributed by atoms with Gasteiger partial charge in [0.1, 0.15) is 5.82 Å². The minimum atomic E-state index is 0.0942. The highest BCUT2D eigenvalue weighted by atomic mass is 32.1. The number of hydrogen-bond acceptors (Lipinski definition) is 5. The van der Waals surface area contributed by atoms with Gasteiger partial charge in [0.05, 0.1) is 10.6 Å². The van der Waals surface area contributed by atoms with Crippen molar-refractivity contribution in [2.75, 3.05) is 31.1 Å². The second-order valence-electron chi connectivity index (χ2n) is 6.56. The van der Waals surface area contributed by atoms with Crippen LogP contribution in [0.25, 0.3) is 0 Å². The number of hydrogen-bond donors (Lipinski definition) is 0. The summed E-state index contributed by atoms with van der Waals surface area (Å²) in [7, 11) is 0. The Labute approximate surface area is 146 Å². The number of anilines is 1.